The summed E-state index contributed by atoms with van der Waals surface area (Å²) in [5.41, 5.74) is 4.85. The van der Waals surface area contributed by atoms with E-state index in [0.29, 0.717) is 49.7 Å². The van der Waals surface area contributed by atoms with E-state index in [2.05, 4.69) is 10.3 Å². The fourth-order valence-corrected chi connectivity index (χ4v) is 4.68. The molecular formula is C26H29N5O4. The van der Waals surface area contributed by atoms with Crippen LogP contribution in [-0.4, -0.2) is 69.9 Å². The largest absolute Gasteiger partial charge is 0.497 e. The van der Waals surface area contributed by atoms with E-state index in [9.17, 15) is 9.59 Å². The lowest BCUT2D eigenvalue weighted by molar-refractivity contribution is -0.00204. The van der Waals surface area contributed by atoms with Gasteiger partial charge in [0.2, 0.25) is 0 Å². The minimum Gasteiger partial charge on any atom is -0.497 e. The van der Waals surface area contributed by atoms with Gasteiger partial charge in [0.1, 0.15) is 11.9 Å². The molecule has 9 nitrogen and oxygen atoms in total. The molecule has 0 saturated carbocycles. The molecule has 1 fully saturated rings. The maximum atomic E-state index is 13.2. The molecule has 3 heterocycles. The van der Waals surface area contributed by atoms with Crippen molar-refractivity contribution < 1.29 is 19.1 Å². The third kappa shape index (κ3) is 4.51. The standard InChI is InChI=1S/C26H29N5O4/c1-17-4-9-21(18(2)14-17)25(32)29-10-12-30(13-11-29)26(33)24-22-16-35-23(15-31(22)28-27-24)19-5-7-20(34-3)8-6-19/h4-9,14,23H,10-13,15-16H2,1-3H3/t23-/m0/s1. The van der Waals surface area contributed by atoms with Gasteiger partial charge in [-0.1, -0.05) is 35.0 Å². The van der Waals surface area contributed by atoms with Gasteiger partial charge < -0.3 is 19.3 Å². The molecule has 3 aromatic rings. The number of amides is 2. The maximum Gasteiger partial charge on any atom is 0.276 e. The Balaban J connectivity index is 1.22. The van der Waals surface area contributed by atoms with Crippen molar-refractivity contribution in [3.05, 3.63) is 76.1 Å². The van der Waals surface area contributed by atoms with E-state index in [1.807, 2.05) is 61.2 Å². The van der Waals surface area contributed by atoms with Gasteiger partial charge in [-0.3, -0.25) is 9.59 Å². The van der Waals surface area contributed by atoms with E-state index in [1.165, 1.54) is 0 Å². The average molecular weight is 476 g/mol. The quantitative estimate of drug-likeness (QED) is 0.577. The number of piperazine rings is 1. The molecule has 2 amide bonds. The van der Waals surface area contributed by atoms with E-state index in [1.54, 1.807) is 16.7 Å². The number of ether oxygens (including phenoxy) is 2. The van der Waals surface area contributed by atoms with Gasteiger partial charge in [0.15, 0.2) is 5.69 Å². The van der Waals surface area contributed by atoms with E-state index in [-0.39, 0.29) is 24.5 Å². The molecule has 182 valence electrons. The molecule has 0 radical (unpaired) electrons. The highest BCUT2D eigenvalue weighted by atomic mass is 16.5. The minimum atomic E-state index is -0.170. The summed E-state index contributed by atoms with van der Waals surface area (Å²) in [5, 5.41) is 8.42. The number of carbonyl (C=O) groups excluding carboxylic acids is 2. The summed E-state index contributed by atoms with van der Waals surface area (Å²) in [7, 11) is 1.63. The number of fused-ring (bicyclic) bond motifs is 1. The minimum absolute atomic E-state index is 0.00797. The number of aromatic nitrogens is 3. The van der Waals surface area contributed by atoms with E-state index in [4.69, 9.17) is 9.47 Å². The van der Waals surface area contributed by atoms with Crippen LogP contribution in [0.2, 0.25) is 0 Å². The topological polar surface area (TPSA) is 89.8 Å². The maximum absolute atomic E-state index is 13.2. The molecule has 2 aromatic carbocycles. The van der Waals surface area contributed by atoms with Crippen molar-refractivity contribution in [1.29, 1.82) is 0 Å². The third-order valence-electron chi connectivity index (χ3n) is 6.75. The molecule has 0 N–H and O–H groups in total. The van der Waals surface area contributed by atoms with Gasteiger partial charge in [0.05, 0.1) is 26.0 Å². The van der Waals surface area contributed by atoms with Crippen molar-refractivity contribution in [3.8, 4) is 5.75 Å². The van der Waals surface area contributed by atoms with Crippen molar-refractivity contribution in [3.63, 3.8) is 0 Å². The van der Waals surface area contributed by atoms with E-state index < -0.39 is 0 Å². The second kappa shape index (κ2) is 9.50. The lowest BCUT2D eigenvalue weighted by Crippen LogP contribution is -2.51. The lowest BCUT2D eigenvalue weighted by atomic mass is 10.0. The Labute approximate surface area is 204 Å². The molecule has 5 rings (SSSR count). The zero-order valence-electron chi connectivity index (χ0n) is 20.2. The summed E-state index contributed by atoms with van der Waals surface area (Å²) in [5.74, 6) is 0.625. The highest BCUT2D eigenvalue weighted by Gasteiger charge is 2.32. The first kappa shape index (κ1) is 23.0. The fraction of sp³-hybridized carbons (Fsp3) is 0.385. The van der Waals surface area contributed by atoms with Crippen LogP contribution in [0.15, 0.2) is 42.5 Å². The second-order valence-electron chi connectivity index (χ2n) is 9.04. The third-order valence-corrected chi connectivity index (χ3v) is 6.75. The molecule has 1 atom stereocenters. The van der Waals surface area contributed by atoms with Crippen LogP contribution in [0.4, 0.5) is 0 Å². The number of nitrogens with zero attached hydrogens (tertiary/aromatic N) is 5. The normalized spacial score (nSPS) is 17.7. The predicted octanol–water partition coefficient (Wildman–Crippen LogP) is 2.77. The summed E-state index contributed by atoms with van der Waals surface area (Å²) in [4.78, 5) is 29.8. The van der Waals surface area contributed by atoms with Gasteiger partial charge in [0, 0.05) is 31.7 Å². The molecule has 2 aliphatic rings. The number of aryl methyl sites for hydroxylation is 2. The van der Waals surface area contributed by atoms with Crippen LogP contribution in [0.25, 0.3) is 0 Å². The van der Waals surface area contributed by atoms with Crippen molar-refractivity contribution in [1.82, 2.24) is 24.8 Å². The number of rotatable bonds is 4. The highest BCUT2D eigenvalue weighted by Crippen LogP contribution is 2.28. The van der Waals surface area contributed by atoms with Gasteiger partial charge in [-0.2, -0.15) is 0 Å². The summed E-state index contributed by atoms with van der Waals surface area (Å²) in [6, 6.07) is 13.6. The molecule has 2 aliphatic heterocycles. The van der Waals surface area contributed by atoms with Gasteiger partial charge in [-0.25, -0.2) is 4.68 Å². The molecule has 1 saturated heterocycles. The van der Waals surface area contributed by atoms with Gasteiger partial charge in [-0.15, -0.1) is 5.10 Å². The lowest BCUT2D eigenvalue weighted by Gasteiger charge is -2.35. The zero-order valence-corrected chi connectivity index (χ0v) is 20.2. The molecular weight excluding hydrogens is 446 g/mol. The van der Waals surface area contributed by atoms with Crippen LogP contribution in [0.3, 0.4) is 0 Å². The molecule has 0 bridgehead atoms. The van der Waals surface area contributed by atoms with Crippen LogP contribution in [0.1, 0.15) is 49.3 Å². The SMILES string of the molecule is COc1ccc([C@@H]2Cn3nnc(C(=O)N4CCN(C(=O)c5ccc(C)cc5C)CC4)c3CO2)cc1. The second-order valence-corrected chi connectivity index (χ2v) is 9.04. The fourth-order valence-electron chi connectivity index (χ4n) is 4.68. The first-order valence-corrected chi connectivity index (χ1v) is 11.8. The number of benzene rings is 2. The zero-order chi connectivity index (χ0) is 24.5. The smallest absolute Gasteiger partial charge is 0.276 e. The molecule has 9 heteroatoms. The summed E-state index contributed by atoms with van der Waals surface area (Å²) in [6.45, 7) is 6.59. The molecule has 0 unspecified atom stereocenters. The van der Waals surface area contributed by atoms with Gasteiger partial charge in [0.25, 0.3) is 11.8 Å². The Morgan fingerprint density at radius 1 is 0.971 bits per heavy atom. The first-order chi connectivity index (χ1) is 16.9. The average Bonchev–Trinajstić information content (AvgIpc) is 3.31. The Morgan fingerprint density at radius 3 is 2.31 bits per heavy atom. The van der Waals surface area contributed by atoms with Gasteiger partial charge >= 0.3 is 0 Å². The van der Waals surface area contributed by atoms with Crippen LogP contribution in [-0.2, 0) is 17.9 Å². The monoisotopic (exact) mass is 475 g/mol. The van der Waals surface area contributed by atoms with Crippen molar-refractivity contribution in [2.45, 2.75) is 33.1 Å². The Morgan fingerprint density at radius 2 is 1.66 bits per heavy atom. The summed E-state index contributed by atoms with van der Waals surface area (Å²) < 4.78 is 13.0. The number of hydrogen-bond acceptors (Lipinski definition) is 6. The van der Waals surface area contributed by atoms with Crippen LogP contribution in [0.5, 0.6) is 5.75 Å². The predicted molar refractivity (Wildman–Crippen MR) is 128 cm³/mol. The molecule has 0 aliphatic carbocycles. The number of carbonyl (C=O) groups is 2. The van der Waals surface area contributed by atoms with E-state index >= 15 is 0 Å². The van der Waals surface area contributed by atoms with Crippen molar-refractivity contribution in [2.75, 3.05) is 33.3 Å². The van der Waals surface area contributed by atoms with Crippen molar-refractivity contribution >= 4 is 11.8 Å². The van der Waals surface area contributed by atoms with Gasteiger partial charge in [-0.05, 0) is 43.2 Å². The van der Waals surface area contributed by atoms with Crippen molar-refractivity contribution in [2.24, 2.45) is 0 Å². The molecule has 0 spiro atoms. The van der Waals surface area contributed by atoms with Crippen LogP contribution in [0, 0.1) is 13.8 Å². The highest BCUT2D eigenvalue weighted by molar-refractivity contribution is 5.96. The Hall–Kier alpha value is -3.72. The van der Waals surface area contributed by atoms with Crippen LogP contribution >= 0.6 is 0 Å². The number of hydrogen-bond donors (Lipinski definition) is 0. The molecule has 35 heavy (non-hydrogen) atoms. The Bertz CT molecular complexity index is 1250. The van der Waals surface area contributed by atoms with Crippen LogP contribution < -0.4 is 4.74 Å². The summed E-state index contributed by atoms with van der Waals surface area (Å²) >= 11 is 0. The number of methoxy groups -OCH3 is 1. The first-order valence-electron chi connectivity index (χ1n) is 11.8. The Kier molecular flexibility index (Phi) is 6.25. The van der Waals surface area contributed by atoms with E-state index in [0.717, 1.165) is 22.4 Å². The molecule has 1 aromatic heterocycles. The summed E-state index contributed by atoms with van der Waals surface area (Å²) in [6.07, 6.45) is -0.169.